The smallest absolute Gasteiger partial charge is 0.359 e. The molecule has 0 rings (SSSR count). The highest BCUT2D eigenvalue weighted by Gasteiger charge is 2.22. The fourth-order valence-corrected chi connectivity index (χ4v) is 0.935. The second-order valence-electron chi connectivity index (χ2n) is 2.68. The molecule has 0 aliphatic heterocycles. The summed E-state index contributed by atoms with van der Waals surface area (Å²) in [5.74, 6) is -1.14. The lowest BCUT2D eigenvalue weighted by atomic mass is 10.5. The zero-order valence-electron chi connectivity index (χ0n) is 8.73. The van der Waals surface area contributed by atoms with E-state index in [2.05, 4.69) is 11.3 Å². The van der Waals surface area contributed by atoms with Gasteiger partial charge in [0, 0.05) is 6.08 Å². The molecule has 0 aromatic heterocycles. The predicted molar refractivity (Wildman–Crippen MR) is 55.6 cm³/mol. The molecule has 2 atom stereocenters. The molecule has 0 N–H and O–H groups in total. The molecule has 0 spiro atoms. The molecule has 86 valence electrons. The number of ether oxygens (including phenoxy) is 2. The molecule has 0 heterocycles. The van der Waals surface area contributed by atoms with E-state index in [1.165, 1.54) is 13.2 Å². The highest BCUT2D eigenvalue weighted by Crippen LogP contribution is 2.00. The van der Waals surface area contributed by atoms with Gasteiger partial charge in [-0.1, -0.05) is 6.58 Å². The molecule has 15 heavy (non-hydrogen) atoms. The number of hydrogen-bond donors (Lipinski definition) is 0. The Morgan fingerprint density at radius 1 is 1.47 bits per heavy atom. The maximum absolute atomic E-state index is 11.1. The van der Waals surface area contributed by atoms with Crippen LogP contribution in [0.1, 0.15) is 6.92 Å². The van der Waals surface area contributed by atoms with E-state index < -0.39 is 28.4 Å². The van der Waals surface area contributed by atoms with Crippen molar-refractivity contribution in [1.82, 2.24) is 0 Å². The van der Waals surface area contributed by atoms with Crippen LogP contribution in [0.15, 0.2) is 12.7 Å². The van der Waals surface area contributed by atoms with Gasteiger partial charge in [0.25, 0.3) is 0 Å². The van der Waals surface area contributed by atoms with Gasteiger partial charge < -0.3 is 14.0 Å². The first-order valence-electron chi connectivity index (χ1n) is 4.27. The molecule has 0 aliphatic carbocycles. The van der Waals surface area contributed by atoms with Crippen LogP contribution < -0.4 is 0 Å². The first kappa shape index (κ1) is 14.0. The summed E-state index contributed by atoms with van der Waals surface area (Å²) in [5.41, 5.74) is 0. The molecule has 0 radical (unpaired) electrons. The summed E-state index contributed by atoms with van der Waals surface area (Å²) in [7, 11) is 0. The van der Waals surface area contributed by atoms with Gasteiger partial charge in [-0.25, -0.2) is 9.59 Å². The molecule has 0 aromatic rings. The molecule has 0 bridgehead atoms. The summed E-state index contributed by atoms with van der Waals surface area (Å²) in [6.45, 7) is 4.64. The van der Waals surface area contributed by atoms with Gasteiger partial charge in [-0.15, -0.1) is 0 Å². The molecule has 0 fully saturated rings. The first-order chi connectivity index (χ1) is 6.99. The van der Waals surface area contributed by atoms with Gasteiger partial charge in [-0.3, -0.25) is 0 Å². The van der Waals surface area contributed by atoms with Crippen LogP contribution in [-0.2, 0) is 30.2 Å². The van der Waals surface area contributed by atoms with Gasteiger partial charge >= 0.3 is 11.9 Å². The van der Waals surface area contributed by atoms with Crippen LogP contribution in [0.5, 0.6) is 0 Å². The minimum atomic E-state index is -1.25. The van der Waals surface area contributed by atoms with Gasteiger partial charge in [0.15, 0.2) is 0 Å². The van der Waals surface area contributed by atoms with Crippen molar-refractivity contribution in [3.05, 3.63) is 12.7 Å². The van der Waals surface area contributed by atoms with Gasteiger partial charge in [0.1, 0.15) is 13.2 Å². The summed E-state index contributed by atoms with van der Waals surface area (Å²) >= 11 is -1.25. The molecule has 0 aromatic carbocycles. The van der Waals surface area contributed by atoms with Crippen molar-refractivity contribution in [2.24, 2.45) is 0 Å². The third-order valence-corrected chi connectivity index (χ3v) is 2.76. The van der Waals surface area contributed by atoms with Crippen molar-refractivity contribution < 1.29 is 23.6 Å². The Kier molecular flexibility index (Phi) is 6.81. The lowest BCUT2D eigenvalue weighted by Crippen LogP contribution is -2.29. The summed E-state index contributed by atoms with van der Waals surface area (Å²) in [5, 5.41) is -0.667. The fourth-order valence-electron chi connectivity index (χ4n) is 0.596. The standard InChI is InChI=1S/C9H14O5S/c1-4-8(10)13-5-6-14-9(11)7(2)15(3)12/h4,7H,1,5-6H2,2-3H3. The third kappa shape index (κ3) is 6.14. The average molecular weight is 234 g/mol. The van der Waals surface area contributed by atoms with E-state index in [1.807, 2.05) is 0 Å². The molecule has 6 heteroatoms. The van der Waals surface area contributed by atoms with E-state index in [0.717, 1.165) is 6.08 Å². The largest absolute Gasteiger partial charge is 0.616 e. The van der Waals surface area contributed by atoms with Gasteiger partial charge in [0.05, 0.1) is 6.26 Å². The van der Waals surface area contributed by atoms with Crippen LogP contribution in [-0.4, -0.2) is 41.2 Å². The Bertz CT molecular complexity index is 239. The first-order valence-corrected chi connectivity index (χ1v) is 5.89. The molecule has 0 aliphatic rings. The fraction of sp³-hybridized carbons (Fsp3) is 0.556. The van der Waals surface area contributed by atoms with Gasteiger partial charge in [-0.2, -0.15) is 0 Å². The second-order valence-corrected chi connectivity index (χ2v) is 4.38. The van der Waals surface area contributed by atoms with Crippen LogP contribution in [0.2, 0.25) is 0 Å². The van der Waals surface area contributed by atoms with E-state index in [1.54, 1.807) is 0 Å². The number of carbonyl (C=O) groups is 2. The Balaban J connectivity index is 3.64. The van der Waals surface area contributed by atoms with Crippen molar-refractivity contribution >= 4 is 23.1 Å². The molecular weight excluding hydrogens is 220 g/mol. The minimum absolute atomic E-state index is 0.0281. The van der Waals surface area contributed by atoms with E-state index in [4.69, 9.17) is 4.74 Å². The number of rotatable bonds is 6. The summed E-state index contributed by atoms with van der Waals surface area (Å²) in [4.78, 5) is 21.7. The Morgan fingerprint density at radius 2 is 2.00 bits per heavy atom. The normalized spacial score (nSPS) is 13.8. The van der Waals surface area contributed by atoms with Crippen molar-refractivity contribution in [3.8, 4) is 0 Å². The van der Waals surface area contributed by atoms with Gasteiger partial charge in [-0.05, 0) is 18.1 Å². The molecule has 0 saturated heterocycles. The SMILES string of the molecule is C=CC(=O)OCCOC(=O)C(C)[S+](C)[O-]. The van der Waals surface area contributed by atoms with E-state index in [0.29, 0.717) is 0 Å². The van der Waals surface area contributed by atoms with Crippen LogP contribution in [0.25, 0.3) is 0 Å². The van der Waals surface area contributed by atoms with Gasteiger partial charge in [0.2, 0.25) is 5.25 Å². The molecule has 0 amide bonds. The molecule has 0 saturated carbocycles. The van der Waals surface area contributed by atoms with Crippen LogP contribution in [0.4, 0.5) is 0 Å². The van der Waals surface area contributed by atoms with Crippen LogP contribution >= 0.6 is 0 Å². The summed E-state index contributed by atoms with van der Waals surface area (Å²) in [6, 6.07) is 0. The van der Waals surface area contributed by atoms with Crippen molar-refractivity contribution in [1.29, 1.82) is 0 Å². The van der Waals surface area contributed by atoms with E-state index in [-0.39, 0.29) is 13.2 Å². The Morgan fingerprint density at radius 3 is 2.47 bits per heavy atom. The molecule has 5 nitrogen and oxygen atoms in total. The molecule has 2 unspecified atom stereocenters. The zero-order chi connectivity index (χ0) is 11.8. The number of carbonyl (C=O) groups excluding carboxylic acids is 2. The summed E-state index contributed by atoms with van der Waals surface area (Å²) in [6.07, 6.45) is 2.44. The second kappa shape index (κ2) is 7.30. The van der Waals surface area contributed by atoms with Crippen LogP contribution in [0, 0.1) is 0 Å². The zero-order valence-corrected chi connectivity index (χ0v) is 9.54. The molecular formula is C9H14O5S. The highest BCUT2D eigenvalue weighted by atomic mass is 32.2. The highest BCUT2D eigenvalue weighted by molar-refractivity contribution is 7.92. The maximum atomic E-state index is 11.1. The third-order valence-electron chi connectivity index (χ3n) is 1.57. The predicted octanol–water partition coefficient (Wildman–Crippen LogP) is 0.0258. The monoisotopic (exact) mass is 234 g/mol. The van der Waals surface area contributed by atoms with Crippen LogP contribution in [0.3, 0.4) is 0 Å². The van der Waals surface area contributed by atoms with Crippen molar-refractivity contribution in [2.75, 3.05) is 19.5 Å². The Labute approximate surface area is 91.6 Å². The topological polar surface area (TPSA) is 75.7 Å². The summed E-state index contributed by atoms with van der Waals surface area (Å²) < 4.78 is 20.2. The number of esters is 2. The lowest BCUT2D eigenvalue weighted by Gasteiger charge is -2.12. The maximum Gasteiger partial charge on any atom is 0.359 e. The van der Waals surface area contributed by atoms with Crippen molar-refractivity contribution in [3.63, 3.8) is 0 Å². The van der Waals surface area contributed by atoms with Crippen molar-refractivity contribution in [2.45, 2.75) is 12.2 Å². The average Bonchev–Trinajstić information content (AvgIpc) is 2.22. The Hall–Kier alpha value is -1.01. The number of hydrogen-bond acceptors (Lipinski definition) is 5. The van der Waals surface area contributed by atoms with E-state index >= 15 is 0 Å². The quantitative estimate of drug-likeness (QED) is 0.280. The lowest BCUT2D eigenvalue weighted by molar-refractivity contribution is -0.149. The van der Waals surface area contributed by atoms with E-state index in [9.17, 15) is 14.1 Å². The minimum Gasteiger partial charge on any atom is -0.616 e.